The zero-order valence-corrected chi connectivity index (χ0v) is 11.7. The maximum atomic E-state index is 11.5. The normalized spacial score (nSPS) is 9.67. The van der Waals surface area contributed by atoms with E-state index in [1.165, 1.54) is 6.92 Å². The summed E-state index contributed by atoms with van der Waals surface area (Å²) >= 11 is 3.32. The molecule has 3 amide bonds. The molecule has 0 aliphatic heterocycles. The lowest BCUT2D eigenvalue weighted by Gasteiger charge is -2.07. The molecule has 0 aliphatic rings. The molecule has 0 saturated carbocycles. The van der Waals surface area contributed by atoms with E-state index in [2.05, 4.69) is 31.9 Å². The molecule has 0 spiro atoms. The number of hydrogen-bond acceptors (Lipinski definition) is 2. The molecule has 0 saturated heterocycles. The summed E-state index contributed by atoms with van der Waals surface area (Å²) in [5.74, 6) is -0.0608. The summed E-state index contributed by atoms with van der Waals surface area (Å²) in [7, 11) is 0. The van der Waals surface area contributed by atoms with Crippen molar-refractivity contribution in [2.24, 2.45) is 0 Å². The van der Waals surface area contributed by atoms with Crippen molar-refractivity contribution in [1.82, 2.24) is 10.6 Å². The van der Waals surface area contributed by atoms with Crippen LogP contribution in [0.4, 0.5) is 10.5 Å². The van der Waals surface area contributed by atoms with E-state index in [9.17, 15) is 9.59 Å². The van der Waals surface area contributed by atoms with E-state index in [4.69, 9.17) is 0 Å². The van der Waals surface area contributed by atoms with Crippen molar-refractivity contribution in [2.45, 2.75) is 13.3 Å². The molecule has 18 heavy (non-hydrogen) atoms. The molecule has 1 rings (SSSR count). The molecule has 0 atom stereocenters. The van der Waals surface area contributed by atoms with Crippen molar-refractivity contribution in [3.8, 4) is 0 Å². The second-order valence-corrected chi connectivity index (χ2v) is 4.64. The van der Waals surface area contributed by atoms with Crippen LogP contribution in [-0.4, -0.2) is 25.0 Å². The largest absolute Gasteiger partial charge is 0.356 e. The van der Waals surface area contributed by atoms with Gasteiger partial charge in [-0.2, -0.15) is 0 Å². The highest BCUT2D eigenvalue weighted by Gasteiger charge is 2.00. The topological polar surface area (TPSA) is 70.2 Å². The van der Waals surface area contributed by atoms with Crippen LogP contribution >= 0.6 is 15.9 Å². The first-order valence-electron chi connectivity index (χ1n) is 5.63. The third kappa shape index (κ3) is 6.24. The molecule has 3 N–H and O–H groups in total. The van der Waals surface area contributed by atoms with E-state index in [1.54, 1.807) is 12.1 Å². The number of rotatable bonds is 5. The van der Waals surface area contributed by atoms with Gasteiger partial charge in [0.15, 0.2) is 0 Å². The molecular weight excluding hydrogens is 298 g/mol. The highest BCUT2D eigenvalue weighted by molar-refractivity contribution is 9.10. The van der Waals surface area contributed by atoms with Crippen LogP contribution < -0.4 is 16.0 Å². The Kier molecular flexibility index (Phi) is 6.21. The highest BCUT2D eigenvalue weighted by Crippen LogP contribution is 2.13. The Balaban J connectivity index is 2.17. The zero-order chi connectivity index (χ0) is 13.4. The summed E-state index contributed by atoms with van der Waals surface area (Å²) in [6.07, 6.45) is 0.702. The van der Waals surface area contributed by atoms with Gasteiger partial charge in [-0.1, -0.05) is 15.9 Å². The summed E-state index contributed by atoms with van der Waals surface area (Å²) < 4.78 is 0.962. The second-order valence-electron chi connectivity index (χ2n) is 3.72. The van der Waals surface area contributed by atoms with Gasteiger partial charge in [-0.15, -0.1) is 0 Å². The first-order valence-corrected chi connectivity index (χ1v) is 6.42. The van der Waals surface area contributed by atoms with Gasteiger partial charge < -0.3 is 16.0 Å². The van der Waals surface area contributed by atoms with Gasteiger partial charge in [0.2, 0.25) is 5.91 Å². The number of urea groups is 1. The standard InChI is InChI=1S/C12H16BrN3O2/c1-9(17)14-7-2-8-15-12(18)16-11-5-3-10(13)4-6-11/h3-6H,2,7-8H2,1H3,(H,14,17)(H2,15,16,18). The molecule has 0 bridgehead atoms. The average Bonchev–Trinajstić information content (AvgIpc) is 2.31. The summed E-state index contributed by atoms with van der Waals surface area (Å²) in [6, 6.07) is 7.07. The Hall–Kier alpha value is -1.56. The molecule has 0 aliphatic carbocycles. The summed E-state index contributed by atoms with van der Waals surface area (Å²) in [5.41, 5.74) is 0.734. The molecular formula is C12H16BrN3O2. The van der Waals surface area contributed by atoms with Crippen molar-refractivity contribution >= 4 is 33.6 Å². The van der Waals surface area contributed by atoms with Gasteiger partial charge in [-0.25, -0.2) is 4.79 Å². The third-order valence-corrected chi connectivity index (χ3v) is 2.64. The quantitative estimate of drug-likeness (QED) is 0.729. The first kappa shape index (κ1) is 14.5. The molecule has 1 aromatic carbocycles. The Morgan fingerprint density at radius 3 is 2.33 bits per heavy atom. The smallest absolute Gasteiger partial charge is 0.319 e. The Bertz CT molecular complexity index is 406. The molecule has 98 valence electrons. The van der Waals surface area contributed by atoms with Crippen LogP contribution in [0.5, 0.6) is 0 Å². The predicted octanol–water partition coefficient (Wildman–Crippen LogP) is 2.10. The van der Waals surface area contributed by atoms with Gasteiger partial charge in [0.05, 0.1) is 0 Å². The van der Waals surface area contributed by atoms with Crippen molar-refractivity contribution in [1.29, 1.82) is 0 Å². The van der Waals surface area contributed by atoms with Crippen LogP contribution in [0.25, 0.3) is 0 Å². The second kappa shape index (κ2) is 7.71. The third-order valence-electron chi connectivity index (χ3n) is 2.12. The van der Waals surface area contributed by atoms with Crippen molar-refractivity contribution < 1.29 is 9.59 Å². The Labute approximate surface area is 114 Å². The number of carbonyl (C=O) groups is 2. The number of anilines is 1. The number of benzene rings is 1. The minimum atomic E-state index is -0.250. The van der Waals surface area contributed by atoms with Crippen molar-refractivity contribution in [2.75, 3.05) is 18.4 Å². The van der Waals surface area contributed by atoms with E-state index in [0.717, 1.165) is 10.2 Å². The van der Waals surface area contributed by atoms with E-state index >= 15 is 0 Å². The number of hydrogen-bond donors (Lipinski definition) is 3. The van der Waals surface area contributed by atoms with Crippen LogP contribution in [-0.2, 0) is 4.79 Å². The molecule has 0 unspecified atom stereocenters. The molecule has 0 heterocycles. The molecule has 0 fully saturated rings. The van der Waals surface area contributed by atoms with Gasteiger partial charge in [-0.3, -0.25) is 4.79 Å². The zero-order valence-electron chi connectivity index (χ0n) is 10.1. The van der Waals surface area contributed by atoms with Crippen LogP contribution in [0, 0.1) is 0 Å². The number of carbonyl (C=O) groups excluding carboxylic acids is 2. The van der Waals surface area contributed by atoms with Crippen LogP contribution in [0.2, 0.25) is 0 Å². The highest BCUT2D eigenvalue weighted by atomic mass is 79.9. The van der Waals surface area contributed by atoms with E-state index in [-0.39, 0.29) is 11.9 Å². The predicted molar refractivity (Wildman–Crippen MR) is 74.5 cm³/mol. The fraction of sp³-hybridized carbons (Fsp3) is 0.333. The number of halogens is 1. The molecule has 1 aromatic rings. The number of nitrogens with one attached hydrogen (secondary N) is 3. The van der Waals surface area contributed by atoms with Crippen LogP contribution in [0.3, 0.4) is 0 Å². The van der Waals surface area contributed by atoms with Gasteiger partial charge in [0.25, 0.3) is 0 Å². The minimum Gasteiger partial charge on any atom is -0.356 e. The van der Waals surface area contributed by atoms with Gasteiger partial charge >= 0.3 is 6.03 Å². The molecule has 5 nitrogen and oxygen atoms in total. The van der Waals surface area contributed by atoms with Gasteiger partial charge in [0.1, 0.15) is 0 Å². The Morgan fingerprint density at radius 1 is 1.11 bits per heavy atom. The van der Waals surface area contributed by atoms with Crippen molar-refractivity contribution in [3.63, 3.8) is 0 Å². The van der Waals surface area contributed by atoms with E-state index in [0.29, 0.717) is 19.5 Å². The van der Waals surface area contributed by atoms with Crippen LogP contribution in [0.1, 0.15) is 13.3 Å². The Morgan fingerprint density at radius 2 is 1.72 bits per heavy atom. The molecule has 6 heteroatoms. The lowest BCUT2D eigenvalue weighted by molar-refractivity contribution is -0.118. The summed E-state index contributed by atoms with van der Waals surface area (Å²) in [5, 5.41) is 8.08. The lowest BCUT2D eigenvalue weighted by atomic mass is 10.3. The van der Waals surface area contributed by atoms with E-state index in [1.807, 2.05) is 12.1 Å². The van der Waals surface area contributed by atoms with Crippen molar-refractivity contribution in [3.05, 3.63) is 28.7 Å². The fourth-order valence-electron chi connectivity index (χ4n) is 1.26. The minimum absolute atomic E-state index is 0.0608. The fourth-order valence-corrected chi connectivity index (χ4v) is 1.53. The van der Waals surface area contributed by atoms with Gasteiger partial charge in [-0.05, 0) is 30.7 Å². The maximum absolute atomic E-state index is 11.5. The summed E-state index contributed by atoms with van der Waals surface area (Å²) in [4.78, 5) is 22.1. The molecule has 0 aromatic heterocycles. The molecule has 0 radical (unpaired) electrons. The van der Waals surface area contributed by atoms with Gasteiger partial charge in [0, 0.05) is 30.2 Å². The average molecular weight is 314 g/mol. The SMILES string of the molecule is CC(=O)NCCCNC(=O)Nc1ccc(Br)cc1. The number of amides is 3. The first-order chi connectivity index (χ1) is 8.58. The van der Waals surface area contributed by atoms with E-state index < -0.39 is 0 Å². The lowest BCUT2D eigenvalue weighted by Crippen LogP contribution is -2.31. The van der Waals surface area contributed by atoms with Crippen LogP contribution in [0.15, 0.2) is 28.7 Å². The maximum Gasteiger partial charge on any atom is 0.319 e. The monoisotopic (exact) mass is 313 g/mol. The summed E-state index contributed by atoms with van der Waals surface area (Å²) in [6.45, 7) is 2.55.